The van der Waals surface area contributed by atoms with Crippen LogP contribution in [0, 0.1) is 0 Å². The number of carbonyl (C=O) groups excluding carboxylic acids is 1. The number of hydrogen-bond acceptors (Lipinski definition) is 5. The maximum absolute atomic E-state index is 13.1. The van der Waals surface area contributed by atoms with Gasteiger partial charge in [0.25, 0.3) is 0 Å². The molecule has 2 aliphatic rings. The number of nitrogens with one attached hydrogen (secondary N) is 1. The number of nitrogens with zero attached hydrogens (tertiary/aromatic N) is 3. The number of amides is 1. The Balaban J connectivity index is 1.16. The van der Waals surface area contributed by atoms with Crippen molar-refractivity contribution in [2.45, 2.75) is 24.3 Å². The fourth-order valence-corrected chi connectivity index (χ4v) is 6.30. The first kappa shape index (κ1) is 24.8. The topological polar surface area (TPSA) is 48.5 Å². The zero-order valence-corrected chi connectivity index (χ0v) is 21.7. The van der Waals surface area contributed by atoms with Gasteiger partial charge in [-0.3, -0.25) is 15.1 Å². The second-order valence-corrected chi connectivity index (χ2v) is 10.7. The minimum Gasteiger partial charge on any atom is -0.343 e. The minimum absolute atomic E-state index is 0.136. The fraction of sp³-hybridized carbons (Fsp3) is 0.333. The van der Waals surface area contributed by atoms with Crippen LogP contribution in [0.4, 0.5) is 0 Å². The van der Waals surface area contributed by atoms with E-state index >= 15 is 0 Å². The highest BCUT2D eigenvalue weighted by atomic mass is 32.2. The molecular formula is C30H34N4OS. The van der Waals surface area contributed by atoms with Gasteiger partial charge in [0.2, 0.25) is 5.91 Å². The third-order valence-corrected chi connectivity index (χ3v) is 8.40. The Morgan fingerprint density at radius 3 is 2.28 bits per heavy atom. The molecule has 0 aliphatic carbocycles. The molecule has 0 spiro atoms. The van der Waals surface area contributed by atoms with E-state index in [1.54, 1.807) is 18.0 Å². The van der Waals surface area contributed by atoms with Crippen molar-refractivity contribution in [2.75, 3.05) is 39.0 Å². The Morgan fingerprint density at radius 1 is 1.00 bits per heavy atom. The molecule has 2 aliphatic heterocycles. The summed E-state index contributed by atoms with van der Waals surface area (Å²) in [5, 5.41) is 3.62. The molecule has 1 aromatic heterocycles. The van der Waals surface area contributed by atoms with E-state index in [2.05, 4.69) is 81.9 Å². The van der Waals surface area contributed by atoms with E-state index in [0.717, 1.165) is 50.3 Å². The third-order valence-electron chi connectivity index (χ3n) is 7.13. The van der Waals surface area contributed by atoms with Crippen LogP contribution in [-0.2, 0) is 4.79 Å². The smallest absolute Gasteiger partial charge is 0.240 e. The first-order valence-electron chi connectivity index (χ1n) is 12.8. The molecule has 6 heteroatoms. The number of likely N-dealkylation sites (tertiary alicyclic amines) is 1. The Morgan fingerprint density at radius 2 is 1.67 bits per heavy atom. The van der Waals surface area contributed by atoms with Gasteiger partial charge < -0.3 is 9.80 Å². The van der Waals surface area contributed by atoms with Gasteiger partial charge in [-0.15, -0.1) is 11.8 Å². The van der Waals surface area contributed by atoms with Gasteiger partial charge in [0, 0.05) is 51.4 Å². The number of carbonyl (C=O) groups is 1. The number of pyridine rings is 1. The Bertz CT molecular complexity index is 1120. The van der Waals surface area contributed by atoms with Crippen LogP contribution < -0.4 is 5.32 Å². The number of benzene rings is 2. The van der Waals surface area contributed by atoms with Gasteiger partial charge in [0.1, 0.15) is 0 Å². The van der Waals surface area contributed by atoms with Crippen molar-refractivity contribution in [3.63, 3.8) is 0 Å². The number of thioether (sulfide) groups is 1. The summed E-state index contributed by atoms with van der Waals surface area (Å²) in [6, 6.07) is 25.4. The highest BCUT2D eigenvalue weighted by molar-refractivity contribution is 7.99. The quantitative estimate of drug-likeness (QED) is 0.505. The van der Waals surface area contributed by atoms with Gasteiger partial charge in [-0.2, -0.15) is 0 Å². The van der Waals surface area contributed by atoms with Crippen LogP contribution >= 0.6 is 11.8 Å². The number of rotatable bonds is 7. The molecule has 1 N–H and O–H groups in total. The molecular weight excluding hydrogens is 464 g/mol. The summed E-state index contributed by atoms with van der Waals surface area (Å²) in [6.45, 7) is 3.72. The molecule has 0 saturated carbocycles. The van der Waals surface area contributed by atoms with E-state index in [1.165, 1.54) is 22.3 Å². The lowest BCUT2D eigenvalue weighted by Crippen LogP contribution is -2.46. The van der Waals surface area contributed by atoms with Crippen molar-refractivity contribution in [1.29, 1.82) is 0 Å². The van der Waals surface area contributed by atoms with E-state index in [4.69, 9.17) is 0 Å². The van der Waals surface area contributed by atoms with Crippen molar-refractivity contribution >= 4 is 23.2 Å². The summed E-state index contributed by atoms with van der Waals surface area (Å²) < 4.78 is 0. The van der Waals surface area contributed by atoms with Crippen LogP contribution in [0.1, 0.15) is 34.9 Å². The van der Waals surface area contributed by atoms with Gasteiger partial charge in [-0.1, -0.05) is 72.3 Å². The Hall–Kier alpha value is -2.93. The van der Waals surface area contributed by atoms with Crippen molar-refractivity contribution < 1.29 is 4.79 Å². The largest absolute Gasteiger partial charge is 0.343 e. The first-order valence-corrected chi connectivity index (χ1v) is 13.8. The second-order valence-electron chi connectivity index (χ2n) is 9.53. The molecule has 1 unspecified atom stereocenters. The van der Waals surface area contributed by atoms with Crippen LogP contribution in [0.3, 0.4) is 0 Å². The summed E-state index contributed by atoms with van der Waals surface area (Å²) in [4.78, 5) is 21.7. The lowest BCUT2D eigenvalue weighted by molar-refractivity contribution is -0.131. The van der Waals surface area contributed by atoms with Gasteiger partial charge in [-0.05, 0) is 41.2 Å². The summed E-state index contributed by atoms with van der Waals surface area (Å²) in [7, 11) is 1.93. The summed E-state index contributed by atoms with van der Waals surface area (Å²) in [5.41, 5.74) is 6.63. The SMILES string of the molecule is CN(CCN1CCC(=C(c2ccccc2)c2ccccc2)CC1)C(=O)[C@@H]1CSC(c2cccnc2)N1. The molecule has 186 valence electrons. The summed E-state index contributed by atoms with van der Waals surface area (Å²) in [6.07, 6.45) is 5.78. The van der Waals surface area contributed by atoms with Crippen molar-refractivity contribution in [2.24, 2.45) is 0 Å². The van der Waals surface area contributed by atoms with E-state index < -0.39 is 0 Å². The van der Waals surface area contributed by atoms with Crippen LogP contribution in [-0.4, -0.2) is 65.7 Å². The number of hydrogen-bond donors (Lipinski definition) is 1. The van der Waals surface area contributed by atoms with E-state index in [1.807, 2.05) is 24.2 Å². The van der Waals surface area contributed by atoms with E-state index in [9.17, 15) is 4.79 Å². The molecule has 2 saturated heterocycles. The molecule has 3 heterocycles. The summed E-state index contributed by atoms with van der Waals surface area (Å²) in [5.74, 6) is 0.976. The number of piperidine rings is 1. The average molecular weight is 499 g/mol. The monoisotopic (exact) mass is 498 g/mol. The third kappa shape index (κ3) is 5.89. The number of likely N-dealkylation sites (N-methyl/N-ethyl adjacent to an activating group) is 1. The van der Waals surface area contributed by atoms with Crippen LogP contribution in [0.25, 0.3) is 5.57 Å². The van der Waals surface area contributed by atoms with Gasteiger partial charge >= 0.3 is 0 Å². The predicted molar refractivity (Wildman–Crippen MR) is 149 cm³/mol. The van der Waals surface area contributed by atoms with Crippen LogP contribution in [0.5, 0.6) is 0 Å². The molecule has 5 rings (SSSR count). The molecule has 2 atom stereocenters. The maximum atomic E-state index is 13.1. The summed E-state index contributed by atoms with van der Waals surface area (Å²) >= 11 is 1.78. The number of aromatic nitrogens is 1. The highest BCUT2D eigenvalue weighted by Gasteiger charge is 2.32. The average Bonchev–Trinajstić information content (AvgIpc) is 3.44. The van der Waals surface area contributed by atoms with Crippen LogP contribution in [0.2, 0.25) is 0 Å². The molecule has 5 nitrogen and oxygen atoms in total. The molecule has 0 radical (unpaired) electrons. The van der Waals surface area contributed by atoms with Crippen LogP contribution in [0.15, 0.2) is 90.8 Å². The van der Waals surface area contributed by atoms with Gasteiger partial charge in [0.15, 0.2) is 0 Å². The molecule has 1 amide bonds. The lowest BCUT2D eigenvalue weighted by Gasteiger charge is -2.32. The van der Waals surface area contributed by atoms with E-state index in [-0.39, 0.29) is 17.3 Å². The fourth-order valence-electron chi connectivity index (χ4n) is 5.09. The molecule has 0 bridgehead atoms. The lowest BCUT2D eigenvalue weighted by atomic mass is 9.88. The van der Waals surface area contributed by atoms with Crippen molar-refractivity contribution in [1.82, 2.24) is 20.1 Å². The molecule has 36 heavy (non-hydrogen) atoms. The molecule has 2 fully saturated rings. The Kier molecular flexibility index (Phi) is 8.16. The Labute approximate surface area is 218 Å². The van der Waals surface area contributed by atoms with E-state index in [0.29, 0.717) is 0 Å². The van der Waals surface area contributed by atoms with Gasteiger partial charge in [0.05, 0.1) is 11.4 Å². The highest BCUT2D eigenvalue weighted by Crippen LogP contribution is 2.33. The second kappa shape index (κ2) is 11.9. The molecule has 3 aromatic rings. The maximum Gasteiger partial charge on any atom is 0.240 e. The predicted octanol–water partition coefficient (Wildman–Crippen LogP) is 4.84. The zero-order valence-electron chi connectivity index (χ0n) is 20.8. The standard InChI is InChI=1S/C30H34N4OS/c1-33(30(35)27-22-36-29(32-27)26-13-8-16-31-21-26)19-20-34-17-14-25(15-18-34)28(23-9-4-2-5-10-23)24-11-6-3-7-12-24/h2-13,16,21,27,29,32H,14-15,17-20,22H2,1H3/t27-,29?/m0/s1. The van der Waals surface area contributed by atoms with Crippen molar-refractivity contribution in [3.8, 4) is 0 Å². The van der Waals surface area contributed by atoms with Crippen molar-refractivity contribution in [3.05, 3.63) is 107 Å². The molecule has 2 aromatic carbocycles. The van der Waals surface area contributed by atoms with Gasteiger partial charge in [-0.25, -0.2) is 0 Å². The normalized spacial score (nSPS) is 20.3. The first-order chi connectivity index (χ1) is 17.7. The zero-order chi connectivity index (χ0) is 24.7. The minimum atomic E-state index is -0.139.